The van der Waals surface area contributed by atoms with E-state index in [4.69, 9.17) is 11.6 Å². The van der Waals surface area contributed by atoms with E-state index in [1.54, 1.807) is 19.1 Å². The van der Waals surface area contributed by atoms with Gasteiger partial charge in [0.2, 0.25) is 0 Å². The zero-order valence-electron chi connectivity index (χ0n) is 6.90. The molecule has 0 nitrogen and oxygen atoms in total. The van der Waals surface area contributed by atoms with Crippen LogP contribution in [-0.2, 0) is 0 Å². The van der Waals surface area contributed by atoms with Crippen molar-refractivity contribution in [2.45, 2.75) is 18.5 Å². The second-order valence-corrected chi connectivity index (χ2v) is 3.25. The average molecular weight is 209 g/mol. The Balaban J connectivity index is 2.90. The molecule has 0 heterocycles. The summed E-state index contributed by atoms with van der Waals surface area (Å²) in [6, 6.07) is 5.99. The summed E-state index contributed by atoms with van der Waals surface area (Å²) in [5.74, 6) is 0. The van der Waals surface area contributed by atoms with Crippen molar-refractivity contribution in [1.29, 1.82) is 0 Å². The van der Waals surface area contributed by atoms with Crippen molar-refractivity contribution in [3.05, 3.63) is 35.4 Å². The SMILES string of the molecule is Cc1ccc([C@H](Cl)C(F)(F)F)cc1. The summed E-state index contributed by atoms with van der Waals surface area (Å²) >= 11 is 5.21. The molecule has 13 heavy (non-hydrogen) atoms. The van der Waals surface area contributed by atoms with E-state index < -0.39 is 11.6 Å². The third-order valence-corrected chi connectivity index (χ3v) is 2.16. The standard InChI is InChI=1S/C9H8ClF3/c1-6-2-4-7(5-3-6)8(10)9(11,12)13/h2-5,8H,1H3/t8-/m0/s1. The maximum Gasteiger partial charge on any atom is 0.408 e. The highest BCUT2D eigenvalue weighted by atomic mass is 35.5. The summed E-state index contributed by atoms with van der Waals surface area (Å²) in [6.45, 7) is 1.81. The fraction of sp³-hybridized carbons (Fsp3) is 0.333. The average Bonchev–Trinajstić information content (AvgIpc) is 2.03. The van der Waals surface area contributed by atoms with Gasteiger partial charge in [0.05, 0.1) is 0 Å². The van der Waals surface area contributed by atoms with E-state index in [0.717, 1.165) is 5.56 Å². The largest absolute Gasteiger partial charge is 0.408 e. The zero-order chi connectivity index (χ0) is 10.1. The van der Waals surface area contributed by atoms with Crippen molar-refractivity contribution in [1.82, 2.24) is 0 Å². The van der Waals surface area contributed by atoms with Gasteiger partial charge in [-0.15, -0.1) is 11.6 Å². The third kappa shape index (κ3) is 2.62. The molecule has 0 amide bonds. The van der Waals surface area contributed by atoms with Crippen LogP contribution in [0.5, 0.6) is 0 Å². The Kier molecular flexibility index (Phi) is 2.86. The fourth-order valence-electron chi connectivity index (χ4n) is 0.924. The lowest BCUT2D eigenvalue weighted by Crippen LogP contribution is -2.15. The van der Waals surface area contributed by atoms with Crippen molar-refractivity contribution >= 4 is 11.6 Å². The summed E-state index contributed by atoms with van der Waals surface area (Å²) in [4.78, 5) is 0. The second-order valence-electron chi connectivity index (χ2n) is 2.81. The van der Waals surface area contributed by atoms with Crippen LogP contribution in [0.2, 0.25) is 0 Å². The molecule has 1 atom stereocenters. The maximum absolute atomic E-state index is 12.1. The Morgan fingerprint density at radius 2 is 1.62 bits per heavy atom. The summed E-state index contributed by atoms with van der Waals surface area (Å²) in [5, 5.41) is -1.91. The molecular weight excluding hydrogens is 201 g/mol. The van der Waals surface area contributed by atoms with E-state index in [1.807, 2.05) is 0 Å². The molecule has 0 aliphatic carbocycles. The highest BCUT2D eigenvalue weighted by molar-refractivity contribution is 6.21. The van der Waals surface area contributed by atoms with Crippen LogP contribution >= 0.6 is 11.6 Å². The maximum atomic E-state index is 12.1. The first-order valence-corrected chi connectivity index (χ1v) is 4.12. The van der Waals surface area contributed by atoms with Crippen LogP contribution in [-0.4, -0.2) is 6.18 Å². The third-order valence-electron chi connectivity index (χ3n) is 1.66. The molecule has 0 aliphatic rings. The highest BCUT2D eigenvalue weighted by Crippen LogP contribution is 2.37. The number of rotatable bonds is 1. The Hall–Kier alpha value is -0.700. The minimum atomic E-state index is -4.38. The molecule has 1 aromatic carbocycles. The van der Waals surface area contributed by atoms with Gasteiger partial charge in [-0.3, -0.25) is 0 Å². The summed E-state index contributed by atoms with van der Waals surface area (Å²) in [6.07, 6.45) is -4.38. The fourth-order valence-corrected chi connectivity index (χ4v) is 1.07. The normalized spacial score (nSPS) is 14.2. The van der Waals surface area contributed by atoms with Crippen LogP contribution in [0.15, 0.2) is 24.3 Å². The first-order chi connectivity index (χ1) is 5.91. The Morgan fingerprint density at radius 3 is 2.00 bits per heavy atom. The number of aryl methyl sites for hydroxylation is 1. The summed E-state index contributed by atoms with van der Waals surface area (Å²) in [5.41, 5.74) is 0.995. The Bertz CT molecular complexity index is 276. The van der Waals surface area contributed by atoms with Gasteiger partial charge in [-0.1, -0.05) is 29.8 Å². The molecule has 0 spiro atoms. The molecule has 72 valence electrons. The van der Waals surface area contributed by atoms with Crippen molar-refractivity contribution in [3.63, 3.8) is 0 Å². The molecule has 0 saturated carbocycles. The number of benzene rings is 1. The Labute approximate surface area is 79.3 Å². The first-order valence-electron chi connectivity index (χ1n) is 3.68. The molecule has 0 radical (unpaired) electrons. The van der Waals surface area contributed by atoms with E-state index in [-0.39, 0.29) is 5.56 Å². The van der Waals surface area contributed by atoms with Crippen molar-refractivity contribution in [3.8, 4) is 0 Å². The number of halogens is 4. The topological polar surface area (TPSA) is 0 Å². The van der Waals surface area contributed by atoms with Gasteiger partial charge in [0.25, 0.3) is 0 Å². The molecule has 1 aromatic rings. The Morgan fingerprint density at radius 1 is 1.15 bits per heavy atom. The molecule has 1 rings (SSSR count). The van der Waals surface area contributed by atoms with Crippen LogP contribution < -0.4 is 0 Å². The van der Waals surface area contributed by atoms with Gasteiger partial charge in [0.15, 0.2) is 5.38 Å². The zero-order valence-corrected chi connectivity index (χ0v) is 7.65. The summed E-state index contributed by atoms with van der Waals surface area (Å²) < 4.78 is 36.3. The molecular formula is C9H8ClF3. The second kappa shape index (κ2) is 3.58. The predicted octanol–water partition coefficient (Wildman–Crippen LogP) is 3.84. The molecule has 0 bridgehead atoms. The van der Waals surface area contributed by atoms with Crippen LogP contribution in [0.4, 0.5) is 13.2 Å². The molecule has 4 heteroatoms. The molecule has 0 aliphatic heterocycles. The quantitative estimate of drug-likeness (QED) is 0.616. The number of hydrogen-bond donors (Lipinski definition) is 0. The van der Waals surface area contributed by atoms with Crippen LogP contribution in [0.1, 0.15) is 16.5 Å². The number of alkyl halides is 4. The van der Waals surface area contributed by atoms with Gasteiger partial charge < -0.3 is 0 Å². The van der Waals surface area contributed by atoms with Crippen molar-refractivity contribution in [2.24, 2.45) is 0 Å². The molecule has 0 N–H and O–H groups in total. The van der Waals surface area contributed by atoms with E-state index in [9.17, 15) is 13.2 Å². The van der Waals surface area contributed by atoms with Gasteiger partial charge in [-0.25, -0.2) is 0 Å². The van der Waals surface area contributed by atoms with Gasteiger partial charge >= 0.3 is 6.18 Å². The van der Waals surface area contributed by atoms with Gasteiger partial charge in [0, 0.05) is 0 Å². The van der Waals surface area contributed by atoms with Gasteiger partial charge in [0.1, 0.15) is 0 Å². The lowest BCUT2D eigenvalue weighted by atomic mass is 10.1. The van der Waals surface area contributed by atoms with Crippen molar-refractivity contribution in [2.75, 3.05) is 0 Å². The van der Waals surface area contributed by atoms with Crippen LogP contribution in [0.25, 0.3) is 0 Å². The van der Waals surface area contributed by atoms with Crippen LogP contribution in [0.3, 0.4) is 0 Å². The minimum Gasteiger partial charge on any atom is -0.169 e. The van der Waals surface area contributed by atoms with Gasteiger partial charge in [-0.2, -0.15) is 13.2 Å². The molecule has 0 aromatic heterocycles. The first kappa shape index (κ1) is 10.4. The van der Waals surface area contributed by atoms with Crippen LogP contribution in [0, 0.1) is 6.92 Å². The minimum absolute atomic E-state index is 0.0831. The molecule has 0 saturated heterocycles. The van der Waals surface area contributed by atoms with E-state index in [1.165, 1.54) is 12.1 Å². The van der Waals surface area contributed by atoms with E-state index in [2.05, 4.69) is 0 Å². The predicted molar refractivity (Wildman–Crippen MR) is 45.8 cm³/mol. The van der Waals surface area contributed by atoms with E-state index in [0.29, 0.717) is 0 Å². The molecule has 0 unspecified atom stereocenters. The van der Waals surface area contributed by atoms with Gasteiger partial charge in [-0.05, 0) is 12.5 Å². The smallest absolute Gasteiger partial charge is 0.169 e. The monoisotopic (exact) mass is 208 g/mol. The van der Waals surface area contributed by atoms with Crippen molar-refractivity contribution < 1.29 is 13.2 Å². The number of hydrogen-bond acceptors (Lipinski definition) is 0. The lowest BCUT2D eigenvalue weighted by Gasteiger charge is -2.13. The highest BCUT2D eigenvalue weighted by Gasteiger charge is 2.39. The lowest BCUT2D eigenvalue weighted by molar-refractivity contribution is -0.131. The van der Waals surface area contributed by atoms with E-state index >= 15 is 0 Å². The molecule has 0 fully saturated rings. The summed E-state index contributed by atoms with van der Waals surface area (Å²) in [7, 11) is 0.